The molecule has 6 heteroatoms. The van der Waals surface area contributed by atoms with E-state index in [4.69, 9.17) is 17.7 Å². The summed E-state index contributed by atoms with van der Waals surface area (Å²) in [4.78, 5) is 0. The van der Waals surface area contributed by atoms with E-state index in [2.05, 4.69) is 44.3 Å². The Labute approximate surface area is 151 Å². The van der Waals surface area contributed by atoms with Crippen molar-refractivity contribution in [3.8, 4) is 0 Å². The molecule has 0 radical (unpaired) electrons. The molecule has 0 unspecified atom stereocenters. The molecule has 0 bridgehead atoms. The predicted octanol–water partition coefficient (Wildman–Crippen LogP) is 4.96. The van der Waals surface area contributed by atoms with E-state index in [1.807, 2.05) is 0 Å². The number of rotatable bonds is 14. The van der Waals surface area contributed by atoms with Gasteiger partial charge in [-0.15, -0.1) is 0 Å². The Bertz CT molecular complexity index is 330. The van der Waals surface area contributed by atoms with E-state index >= 15 is 0 Å². The minimum atomic E-state index is -2.56. The van der Waals surface area contributed by atoms with Gasteiger partial charge in [0.2, 0.25) is 0 Å². The lowest BCUT2D eigenvalue weighted by Gasteiger charge is -2.38. The number of allylic oxidation sites excluding steroid dienone is 2. The van der Waals surface area contributed by atoms with Crippen LogP contribution in [0.3, 0.4) is 0 Å². The van der Waals surface area contributed by atoms with E-state index < -0.39 is 17.1 Å². The fourth-order valence-corrected chi connectivity index (χ4v) is 10.9. The van der Waals surface area contributed by atoms with Crippen LogP contribution < -0.4 is 0 Å². The maximum atomic E-state index is 5.94. The summed E-state index contributed by atoms with van der Waals surface area (Å²) in [6.45, 7) is 6.54. The molecule has 4 nitrogen and oxygen atoms in total. The van der Waals surface area contributed by atoms with Gasteiger partial charge in [0, 0.05) is 28.4 Å². The van der Waals surface area contributed by atoms with E-state index in [0.29, 0.717) is 0 Å². The van der Waals surface area contributed by atoms with Crippen LogP contribution in [-0.4, -0.2) is 45.6 Å². The first-order valence-corrected chi connectivity index (χ1v) is 13.0. The molecular weight excluding hydrogens is 336 g/mol. The lowest BCUT2D eigenvalue weighted by Crippen LogP contribution is -2.57. The van der Waals surface area contributed by atoms with Crippen molar-refractivity contribution in [2.75, 3.05) is 28.4 Å². The molecule has 0 saturated carbocycles. The summed E-state index contributed by atoms with van der Waals surface area (Å²) in [7, 11) is 1.83. The summed E-state index contributed by atoms with van der Waals surface area (Å²) in [5.74, 6) is 0. The molecule has 24 heavy (non-hydrogen) atoms. The van der Waals surface area contributed by atoms with Crippen LogP contribution in [0.4, 0.5) is 0 Å². The first-order valence-electron chi connectivity index (χ1n) is 9.08. The minimum absolute atomic E-state index is 0.0748. The van der Waals surface area contributed by atoms with Crippen LogP contribution in [0.15, 0.2) is 23.6 Å². The normalized spacial score (nSPS) is 14.8. The molecule has 0 fully saturated rings. The highest BCUT2D eigenvalue weighted by molar-refractivity contribution is 6.92. The molecule has 0 aromatic rings. The predicted molar refractivity (Wildman–Crippen MR) is 106 cm³/mol. The third-order valence-electron chi connectivity index (χ3n) is 4.63. The summed E-state index contributed by atoms with van der Waals surface area (Å²) in [5.41, 5.74) is 4.32. The van der Waals surface area contributed by atoms with E-state index in [9.17, 15) is 0 Å². The zero-order valence-electron chi connectivity index (χ0n) is 16.8. The van der Waals surface area contributed by atoms with Gasteiger partial charge in [-0.05, 0) is 24.2 Å². The minimum Gasteiger partial charge on any atom is -0.395 e. The van der Waals surface area contributed by atoms with Crippen LogP contribution in [0.5, 0.6) is 0 Å². The molecule has 0 rings (SSSR count). The molecule has 0 aromatic carbocycles. The quantitative estimate of drug-likeness (QED) is 0.318. The number of hydrogen-bond donors (Lipinski definition) is 0. The van der Waals surface area contributed by atoms with Crippen LogP contribution in [0.2, 0.25) is 5.16 Å². The van der Waals surface area contributed by atoms with E-state index in [-0.39, 0.29) is 5.16 Å². The van der Waals surface area contributed by atoms with Crippen molar-refractivity contribution in [3.05, 3.63) is 23.6 Å². The first kappa shape index (κ1) is 23.8. The highest BCUT2D eigenvalue weighted by Crippen LogP contribution is 2.35. The maximum absolute atomic E-state index is 5.94. The Hall–Kier alpha value is -0.246. The first-order chi connectivity index (χ1) is 11.5. The van der Waals surface area contributed by atoms with Gasteiger partial charge in [0.15, 0.2) is 0 Å². The Morgan fingerprint density at radius 2 is 1.04 bits per heavy atom. The highest BCUT2D eigenvalue weighted by atomic mass is 28.4. The van der Waals surface area contributed by atoms with Gasteiger partial charge in [-0.25, -0.2) is 0 Å². The largest absolute Gasteiger partial charge is 0.395 e. The SMILES string of the molecule is CCCCC=C[Si](OC)(OC)C(C)[Si](C=CCCCC)(OC)OC. The summed E-state index contributed by atoms with van der Waals surface area (Å²) < 4.78 is 23.7. The van der Waals surface area contributed by atoms with Crippen molar-refractivity contribution >= 4 is 17.1 Å². The van der Waals surface area contributed by atoms with Crippen molar-refractivity contribution < 1.29 is 17.7 Å². The maximum Gasteiger partial charge on any atom is 0.369 e. The molecule has 0 atom stereocenters. The standard InChI is InChI=1S/C18H38O4Si2/c1-8-10-12-14-16-23(19-4,20-5)18(3)24(21-6,22-7)17-15-13-11-9-2/h14-18H,8-13H2,1-7H3. The Kier molecular flexibility index (Phi) is 12.9. The van der Waals surface area contributed by atoms with Gasteiger partial charge in [-0.3, -0.25) is 0 Å². The molecule has 0 saturated heterocycles. The molecule has 0 aliphatic rings. The monoisotopic (exact) mass is 374 g/mol. The number of hydrogen-bond acceptors (Lipinski definition) is 4. The second-order valence-corrected chi connectivity index (χ2v) is 13.6. The molecule has 142 valence electrons. The third-order valence-corrected chi connectivity index (χ3v) is 13.4. The van der Waals surface area contributed by atoms with Crippen LogP contribution in [0, 0.1) is 0 Å². The van der Waals surface area contributed by atoms with Crippen molar-refractivity contribution in [2.24, 2.45) is 0 Å². The topological polar surface area (TPSA) is 36.9 Å². The second-order valence-electron chi connectivity index (χ2n) is 6.07. The van der Waals surface area contributed by atoms with Crippen LogP contribution in [0.1, 0.15) is 59.3 Å². The lowest BCUT2D eigenvalue weighted by atomic mass is 10.2. The van der Waals surface area contributed by atoms with Crippen LogP contribution in [-0.2, 0) is 17.7 Å². The van der Waals surface area contributed by atoms with Gasteiger partial charge in [0.05, 0.1) is 5.16 Å². The molecule has 0 aliphatic heterocycles. The molecule has 0 spiro atoms. The van der Waals surface area contributed by atoms with Crippen molar-refractivity contribution in [3.63, 3.8) is 0 Å². The molecular formula is C18H38O4Si2. The zero-order chi connectivity index (χ0) is 18.5. The molecule has 0 aliphatic carbocycles. The Morgan fingerprint density at radius 3 is 1.29 bits per heavy atom. The van der Waals surface area contributed by atoms with Gasteiger partial charge in [0.25, 0.3) is 0 Å². The van der Waals surface area contributed by atoms with Gasteiger partial charge in [0.1, 0.15) is 0 Å². The summed E-state index contributed by atoms with van der Waals surface area (Å²) >= 11 is 0. The summed E-state index contributed by atoms with van der Waals surface area (Å²) in [5, 5.41) is 0.0748. The zero-order valence-corrected chi connectivity index (χ0v) is 18.8. The number of unbranched alkanes of at least 4 members (excludes halogenated alkanes) is 4. The van der Waals surface area contributed by atoms with Crippen molar-refractivity contribution in [1.29, 1.82) is 0 Å². The van der Waals surface area contributed by atoms with Gasteiger partial charge >= 0.3 is 17.1 Å². The molecule has 0 aromatic heterocycles. The molecule has 0 amide bonds. The van der Waals surface area contributed by atoms with E-state index in [1.54, 1.807) is 28.4 Å². The lowest BCUT2D eigenvalue weighted by molar-refractivity contribution is 0.219. The van der Waals surface area contributed by atoms with Crippen molar-refractivity contribution in [2.45, 2.75) is 64.5 Å². The van der Waals surface area contributed by atoms with Crippen LogP contribution >= 0.6 is 0 Å². The summed E-state index contributed by atoms with van der Waals surface area (Å²) in [6, 6.07) is 0. The van der Waals surface area contributed by atoms with Gasteiger partial charge < -0.3 is 17.7 Å². The van der Waals surface area contributed by atoms with E-state index in [1.165, 1.54) is 25.7 Å². The van der Waals surface area contributed by atoms with Crippen LogP contribution in [0.25, 0.3) is 0 Å². The summed E-state index contributed by atoms with van der Waals surface area (Å²) in [6.07, 6.45) is 11.2. The average molecular weight is 375 g/mol. The Morgan fingerprint density at radius 1 is 0.708 bits per heavy atom. The molecule has 0 heterocycles. The highest BCUT2D eigenvalue weighted by Gasteiger charge is 2.54. The van der Waals surface area contributed by atoms with Gasteiger partial charge in [-0.1, -0.05) is 58.6 Å². The third kappa shape index (κ3) is 6.57. The van der Waals surface area contributed by atoms with Crippen molar-refractivity contribution in [1.82, 2.24) is 0 Å². The fraction of sp³-hybridized carbons (Fsp3) is 0.778. The smallest absolute Gasteiger partial charge is 0.369 e. The Balaban J connectivity index is 5.46. The fourth-order valence-electron chi connectivity index (χ4n) is 2.85. The average Bonchev–Trinajstić information content (AvgIpc) is 2.62. The molecule has 0 N–H and O–H groups in total. The second kappa shape index (κ2) is 13.0. The van der Waals surface area contributed by atoms with E-state index in [0.717, 1.165) is 12.8 Å². The van der Waals surface area contributed by atoms with Gasteiger partial charge in [-0.2, -0.15) is 0 Å².